The second-order valence-corrected chi connectivity index (χ2v) is 11.1. The molecule has 5 rings (SSSR count). The molecule has 10 nitrogen and oxygen atoms in total. The van der Waals surface area contributed by atoms with E-state index in [-0.39, 0.29) is 13.2 Å². The lowest BCUT2D eigenvalue weighted by atomic mass is 10.0. The Balaban J connectivity index is 1.11. The quantitative estimate of drug-likeness (QED) is 0.369. The molecule has 0 radical (unpaired) electrons. The molecule has 0 spiro atoms. The molecular formula is C32H41N7O3. The van der Waals surface area contributed by atoms with Gasteiger partial charge in [0.2, 0.25) is 0 Å². The van der Waals surface area contributed by atoms with E-state index in [1.54, 1.807) is 6.20 Å². The predicted octanol–water partition coefficient (Wildman–Crippen LogP) is 3.61. The number of alkyl carbamates (subject to hydrolysis) is 1. The maximum atomic E-state index is 12.0. The number of hydrogen-bond acceptors (Lipinski definition) is 8. The van der Waals surface area contributed by atoms with E-state index in [1.807, 2.05) is 43.5 Å². The molecule has 1 amide bonds. The maximum Gasteiger partial charge on any atom is 0.408 e. The topological polar surface area (TPSA) is 97.6 Å². The molecule has 3 aromatic rings. The van der Waals surface area contributed by atoms with Crippen LogP contribution in [0.3, 0.4) is 0 Å². The summed E-state index contributed by atoms with van der Waals surface area (Å²) in [6, 6.07) is 9.73. The van der Waals surface area contributed by atoms with Gasteiger partial charge >= 0.3 is 6.09 Å². The number of ether oxygens (including phenoxy) is 2. The molecule has 0 unspecified atom stereocenters. The summed E-state index contributed by atoms with van der Waals surface area (Å²) in [6.07, 6.45) is 9.16. The summed E-state index contributed by atoms with van der Waals surface area (Å²) >= 11 is 0. The number of amides is 1. The van der Waals surface area contributed by atoms with Gasteiger partial charge in [-0.1, -0.05) is 37.5 Å². The molecule has 10 heteroatoms. The number of likely N-dealkylation sites (N-methyl/N-ethyl adjacent to an activating group) is 1. The fourth-order valence-corrected chi connectivity index (χ4v) is 5.52. The van der Waals surface area contributed by atoms with Crippen LogP contribution in [0.15, 0.2) is 42.7 Å². The summed E-state index contributed by atoms with van der Waals surface area (Å²) < 4.78 is 13.4. The SMILES string of the molecule is Cc1cc(OCc2nnc(CC3CCCC3)n2-c2cccnc2)ccc1C#CCOC(=O)NCCN1CCN(C)CC1. The molecule has 2 aliphatic rings. The Hall–Kier alpha value is -3.94. The molecule has 1 aromatic carbocycles. The van der Waals surface area contributed by atoms with Crippen molar-refractivity contribution in [3.63, 3.8) is 0 Å². The molecule has 1 saturated carbocycles. The molecule has 2 aromatic heterocycles. The van der Waals surface area contributed by atoms with E-state index in [1.165, 1.54) is 25.7 Å². The Labute approximate surface area is 248 Å². The van der Waals surface area contributed by atoms with Crippen LogP contribution in [-0.2, 0) is 17.8 Å². The second-order valence-electron chi connectivity index (χ2n) is 11.1. The van der Waals surface area contributed by atoms with Gasteiger partial charge in [0.05, 0.1) is 11.9 Å². The van der Waals surface area contributed by atoms with Crippen LogP contribution < -0.4 is 10.1 Å². The van der Waals surface area contributed by atoms with Crippen molar-refractivity contribution in [1.82, 2.24) is 34.9 Å². The molecule has 0 atom stereocenters. The van der Waals surface area contributed by atoms with Gasteiger partial charge < -0.3 is 19.7 Å². The van der Waals surface area contributed by atoms with E-state index in [0.29, 0.717) is 12.5 Å². The minimum absolute atomic E-state index is 0.0330. The first-order valence-electron chi connectivity index (χ1n) is 14.9. The fraction of sp³-hybridized carbons (Fsp3) is 0.500. The number of rotatable bonds is 10. The normalized spacial score (nSPS) is 16.1. The van der Waals surface area contributed by atoms with Crippen molar-refractivity contribution in [2.24, 2.45) is 5.92 Å². The molecule has 1 aliphatic heterocycles. The van der Waals surface area contributed by atoms with Crippen molar-refractivity contribution in [2.45, 2.75) is 45.6 Å². The van der Waals surface area contributed by atoms with E-state index in [4.69, 9.17) is 9.47 Å². The third-order valence-corrected chi connectivity index (χ3v) is 8.00. The Kier molecular flexibility index (Phi) is 10.4. The molecule has 1 aliphatic carbocycles. The van der Waals surface area contributed by atoms with Crippen molar-refractivity contribution in [3.05, 3.63) is 65.5 Å². The lowest BCUT2D eigenvalue weighted by molar-refractivity contribution is 0.144. The van der Waals surface area contributed by atoms with Crippen molar-refractivity contribution < 1.29 is 14.3 Å². The number of piperazine rings is 1. The molecule has 2 fully saturated rings. The maximum absolute atomic E-state index is 12.0. The van der Waals surface area contributed by atoms with E-state index >= 15 is 0 Å². The summed E-state index contributed by atoms with van der Waals surface area (Å²) in [5.41, 5.74) is 2.79. The van der Waals surface area contributed by atoms with Crippen molar-refractivity contribution >= 4 is 6.09 Å². The molecule has 0 bridgehead atoms. The minimum Gasteiger partial charge on any atom is -0.486 e. The van der Waals surface area contributed by atoms with Crippen LogP contribution in [0.2, 0.25) is 0 Å². The molecular weight excluding hydrogens is 530 g/mol. The highest BCUT2D eigenvalue weighted by Gasteiger charge is 2.21. The van der Waals surface area contributed by atoms with Crippen LogP contribution in [0.25, 0.3) is 5.69 Å². The van der Waals surface area contributed by atoms with Gasteiger partial charge in [-0.3, -0.25) is 14.5 Å². The number of nitrogens with one attached hydrogen (secondary N) is 1. The summed E-state index contributed by atoms with van der Waals surface area (Å²) in [6.45, 7) is 7.86. The highest BCUT2D eigenvalue weighted by molar-refractivity contribution is 5.67. The first kappa shape index (κ1) is 29.5. The summed E-state index contributed by atoms with van der Waals surface area (Å²) in [7, 11) is 2.13. The number of carbonyl (C=O) groups is 1. The number of hydrogen-bond donors (Lipinski definition) is 1. The highest BCUT2D eigenvalue weighted by Crippen LogP contribution is 2.28. The Morgan fingerprint density at radius 3 is 2.67 bits per heavy atom. The van der Waals surface area contributed by atoms with Crippen molar-refractivity contribution in [1.29, 1.82) is 0 Å². The molecule has 222 valence electrons. The molecule has 1 N–H and O–H groups in total. The zero-order chi connectivity index (χ0) is 29.1. The summed E-state index contributed by atoms with van der Waals surface area (Å²) in [5, 5.41) is 11.8. The zero-order valence-electron chi connectivity index (χ0n) is 24.7. The number of nitrogens with zero attached hydrogens (tertiary/aromatic N) is 6. The summed E-state index contributed by atoms with van der Waals surface area (Å²) in [4.78, 5) is 20.9. The average molecular weight is 572 g/mol. The van der Waals surface area contributed by atoms with Gasteiger partial charge in [-0.2, -0.15) is 0 Å². The number of benzene rings is 1. The Bertz CT molecular complexity index is 1370. The van der Waals surface area contributed by atoms with Crippen LogP contribution in [0.4, 0.5) is 4.79 Å². The number of aryl methyl sites for hydroxylation is 1. The molecule has 3 heterocycles. The van der Waals surface area contributed by atoms with Gasteiger partial charge in [-0.15, -0.1) is 10.2 Å². The highest BCUT2D eigenvalue weighted by atomic mass is 16.5. The number of carbonyl (C=O) groups excluding carboxylic acids is 1. The van der Waals surface area contributed by atoms with Crippen LogP contribution in [0.5, 0.6) is 5.75 Å². The Morgan fingerprint density at radius 1 is 1.10 bits per heavy atom. The Morgan fingerprint density at radius 2 is 1.90 bits per heavy atom. The number of aromatic nitrogens is 4. The average Bonchev–Trinajstić information content (AvgIpc) is 3.67. The van der Waals surface area contributed by atoms with Crippen LogP contribution in [-0.4, -0.2) is 88.6 Å². The summed E-state index contributed by atoms with van der Waals surface area (Å²) in [5.74, 6) is 9.12. The van der Waals surface area contributed by atoms with E-state index in [2.05, 4.69) is 53.8 Å². The second kappa shape index (κ2) is 14.8. The van der Waals surface area contributed by atoms with Crippen LogP contribution >= 0.6 is 0 Å². The third-order valence-electron chi connectivity index (χ3n) is 8.00. The molecule has 42 heavy (non-hydrogen) atoms. The monoisotopic (exact) mass is 571 g/mol. The lowest BCUT2D eigenvalue weighted by Crippen LogP contribution is -2.46. The van der Waals surface area contributed by atoms with Gasteiger partial charge in [-0.05, 0) is 55.8 Å². The lowest BCUT2D eigenvalue weighted by Gasteiger charge is -2.32. The van der Waals surface area contributed by atoms with E-state index < -0.39 is 6.09 Å². The van der Waals surface area contributed by atoms with Crippen molar-refractivity contribution in [3.8, 4) is 23.3 Å². The van der Waals surface area contributed by atoms with Gasteiger partial charge in [-0.25, -0.2) is 4.79 Å². The van der Waals surface area contributed by atoms with Gasteiger partial charge in [0.25, 0.3) is 0 Å². The van der Waals surface area contributed by atoms with E-state index in [0.717, 1.165) is 73.4 Å². The molecule has 1 saturated heterocycles. The van der Waals surface area contributed by atoms with Gasteiger partial charge in [0, 0.05) is 57.4 Å². The third kappa shape index (κ3) is 8.30. The van der Waals surface area contributed by atoms with E-state index in [9.17, 15) is 4.79 Å². The van der Waals surface area contributed by atoms with Crippen LogP contribution in [0, 0.1) is 24.7 Å². The minimum atomic E-state index is -0.440. The predicted molar refractivity (Wildman–Crippen MR) is 160 cm³/mol. The van der Waals surface area contributed by atoms with Gasteiger partial charge in [0.1, 0.15) is 18.2 Å². The fourth-order valence-electron chi connectivity index (χ4n) is 5.52. The first-order chi connectivity index (χ1) is 20.5. The van der Waals surface area contributed by atoms with Crippen molar-refractivity contribution in [2.75, 3.05) is 52.9 Å². The van der Waals surface area contributed by atoms with Gasteiger partial charge in [0.15, 0.2) is 12.4 Å². The number of pyridine rings is 1. The zero-order valence-corrected chi connectivity index (χ0v) is 24.7. The smallest absolute Gasteiger partial charge is 0.408 e. The first-order valence-corrected chi connectivity index (χ1v) is 14.9. The van der Waals surface area contributed by atoms with Crippen LogP contribution in [0.1, 0.15) is 48.5 Å². The largest absolute Gasteiger partial charge is 0.486 e. The standard InChI is InChI=1S/C32H41N7O3/c1-25-21-29(12-11-27(25)9-6-20-41-32(40)34-14-15-38-18-16-37(2)17-19-38)42-24-31-36-35-30(22-26-7-3-4-8-26)39(31)28-10-5-13-33-23-28/h5,10-13,21,23,26H,3-4,7-8,14-20,22,24H2,1-2H3,(H,34,40).